The van der Waals surface area contributed by atoms with E-state index in [0.717, 1.165) is 51.4 Å². The quantitative estimate of drug-likeness (QED) is 0.472. The van der Waals surface area contributed by atoms with Crippen LogP contribution in [0.15, 0.2) is 12.1 Å². The van der Waals surface area contributed by atoms with Gasteiger partial charge < -0.3 is 18.9 Å². The third-order valence-corrected chi connectivity index (χ3v) is 5.25. The highest BCUT2D eigenvalue weighted by Crippen LogP contribution is 2.33. The number of carbonyl (C=O) groups is 4. The van der Waals surface area contributed by atoms with E-state index in [1.165, 1.54) is 12.1 Å². The molecule has 0 amide bonds. The summed E-state index contributed by atoms with van der Waals surface area (Å²) in [6, 6.07) is 2.65. The molecular weight excluding hydrogens is 392 g/mol. The number of ether oxygens (including phenoxy) is 4. The van der Waals surface area contributed by atoms with E-state index >= 15 is 0 Å². The van der Waals surface area contributed by atoms with Gasteiger partial charge in [-0.15, -0.1) is 0 Å². The smallest absolute Gasteiger partial charge is 0.340 e. The molecule has 8 heteroatoms. The zero-order chi connectivity index (χ0) is 20.8. The van der Waals surface area contributed by atoms with Gasteiger partial charge in [0.05, 0.1) is 22.3 Å². The van der Waals surface area contributed by atoms with E-state index < -0.39 is 23.9 Å². The predicted octanol–water partition coefficient (Wildman–Crippen LogP) is 2.96. The van der Waals surface area contributed by atoms with Gasteiger partial charge in [-0.25, -0.2) is 19.2 Å². The Kier molecular flexibility index (Phi) is 4.72. The van der Waals surface area contributed by atoms with Gasteiger partial charge in [0.25, 0.3) is 0 Å². The summed E-state index contributed by atoms with van der Waals surface area (Å²) in [7, 11) is 0. The van der Waals surface area contributed by atoms with Gasteiger partial charge in [-0.05, 0) is 63.5 Å². The van der Waals surface area contributed by atoms with E-state index in [2.05, 4.69) is 0 Å². The molecule has 0 aromatic heterocycles. The Bertz CT molecular complexity index is 844. The van der Waals surface area contributed by atoms with Crippen LogP contribution in [0.5, 0.6) is 0 Å². The van der Waals surface area contributed by atoms with Crippen molar-refractivity contribution in [3.8, 4) is 0 Å². The summed E-state index contributed by atoms with van der Waals surface area (Å²) in [5.74, 6) is -3.10. The average Bonchev–Trinajstić information content (AvgIpc) is 3.52. The molecule has 4 saturated carbocycles. The van der Waals surface area contributed by atoms with Crippen molar-refractivity contribution in [3.05, 3.63) is 34.4 Å². The van der Waals surface area contributed by atoms with Gasteiger partial charge in [-0.1, -0.05) is 0 Å². The number of benzene rings is 1. The molecule has 0 N–H and O–H groups in total. The van der Waals surface area contributed by atoms with Crippen LogP contribution in [0.2, 0.25) is 0 Å². The van der Waals surface area contributed by atoms with Crippen molar-refractivity contribution in [1.82, 2.24) is 0 Å². The largest absolute Gasteiger partial charge is 0.459 e. The van der Waals surface area contributed by atoms with E-state index in [9.17, 15) is 19.2 Å². The van der Waals surface area contributed by atoms with Crippen LogP contribution in [0.25, 0.3) is 0 Å². The van der Waals surface area contributed by atoms with Crippen LogP contribution in [0.4, 0.5) is 0 Å². The first-order valence-corrected chi connectivity index (χ1v) is 10.5. The normalized spacial score (nSPS) is 20.3. The Balaban J connectivity index is 1.57. The van der Waals surface area contributed by atoms with Crippen LogP contribution in [-0.2, 0) is 18.9 Å². The molecule has 0 bridgehead atoms. The first kappa shape index (κ1) is 19.1. The maximum Gasteiger partial charge on any atom is 0.340 e. The van der Waals surface area contributed by atoms with E-state index in [-0.39, 0.29) is 46.7 Å². The first-order chi connectivity index (χ1) is 14.5. The summed E-state index contributed by atoms with van der Waals surface area (Å²) in [4.78, 5) is 51.3. The van der Waals surface area contributed by atoms with Crippen molar-refractivity contribution >= 4 is 23.9 Å². The van der Waals surface area contributed by atoms with Crippen molar-refractivity contribution < 1.29 is 38.1 Å². The molecule has 158 valence electrons. The highest BCUT2D eigenvalue weighted by molar-refractivity contribution is 6.15. The van der Waals surface area contributed by atoms with Gasteiger partial charge in [0.1, 0.15) is 24.4 Å². The molecule has 4 aliphatic carbocycles. The van der Waals surface area contributed by atoms with E-state index in [1.807, 2.05) is 0 Å². The second kappa shape index (κ2) is 7.41. The van der Waals surface area contributed by atoms with Gasteiger partial charge in [-0.2, -0.15) is 0 Å². The van der Waals surface area contributed by atoms with Crippen molar-refractivity contribution in [1.29, 1.82) is 0 Å². The number of carbonyl (C=O) groups excluding carboxylic acids is 4. The molecule has 0 heterocycles. The second-order valence-electron chi connectivity index (χ2n) is 8.33. The highest BCUT2D eigenvalue weighted by atomic mass is 16.6. The molecule has 0 saturated heterocycles. The molecule has 0 atom stereocenters. The lowest BCUT2D eigenvalue weighted by Gasteiger charge is -2.16. The Hall–Kier alpha value is -2.90. The Labute approximate surface area is 172 Å². The highest BCUT2D eigenvalue weighted by Gasteiger charge is 2.39. The van der Waals surface area contributed by atoms with Gasteiger partial charge in [0.2, 0.25) is 0 Å². The lowest BCUT2D eigenvalue weighted by atomic mass is 9.95. The number of hydrogen-bond acceptors (Lipinski definition) is 8. The Morgan fingerprint density at radius 3 is 1.03 bits per heavy atom. The molecule has 0 spiro atoms. The molecular formula is C22H22O8. The lowest BCUT2D eigenvalue weighted by molar-refractivity contribution is 0.0388. The summed E-state index contributed by atoms with van der Waals surface area (Å²) in [5.41, 5.74) is -0.747. The fourth-order valence-electron chi connectivity index (χ4n) is 2.96. The molecule has 0 aliphatic heterocycles. The predicted molar refractivity (Wildman–Crippen MR) is 100 cm³/mol. The molecule has 30 heavy (non-hydrogen) atoms. The van der Waals surface area contributed by atoms with Crippen molar-refractivity contribution in [3.63, 3.8) is 0 Å². The Morgan fingerprint density at radius 1 is 0.500 bits per heavy atom. The van der Waals surface area contributed by atoms with Crippen LogP contribution < -0.4 is 0 Å². The monoisotopic (exact) mass is 414 g/mol. The van der Waals surface area contributed by atoms with Crippen molar-refractivity contribution in [2.45, 2.75) is 75.8 Å². The number of esters is 4. The minimum atomic E-state index is -0.830. The van der Waals surface area contributed by atoms with Gasteiger partial charge in [-0.3, -0.25) is 0 Å². The topological polar surface area (TPSA) is 105 Å². The lowest BCUT2D eigenvalue weighted by Crippen LogP contribution is -2.24. The van der Waals surface area contributed by atoms with Gasteiger partial charge in [0.15, 0.2) is 0 Å². The third kappa shape index (κ3) is 4.32. The van der Waals surface area contributed by atoms with Crippen molar-refractivity contribution in [2.75, 3.05) is 0 Å². The molecule has 5 rings (SSSR count). The minimum absolute atomic E-state index is 0.0988. The summed E-state index contributed by atoms with van der Waals surface area (Å²) in [6.07, 6.45) is 5.04. The molecule has 8 nitrogen and oxygen atoms in total. The summed E-state index contributed by atoms with van der Waals surface area (Å²) in [5, 5.41) is 0. The fourth-order valence-corrected chi connectivity index (χ4v) is 2.96. The Morgan fingerprint density at radius 2 is 0.767 bits per heavy atom. The van der Waals surface area contributed by atoms with Crippen molar-refractivity contribution in [2.24, 2.45) is 0 Å². The first-order valence-electron chi connectivity index (χ1n) is 10.5. The van der Waals surface area contributed by atoms with Crippen LogP contribution in [0.3, 0.4) is 0 Å². The molecule has 0 radical (unpaired) electrons. The SMILES string of the molecule is O=C(OC1CC1)c1ccc(C(=O)OC2CC2)c(C(=O)OC2CC2)c1C(=O)OC1CC1. The molecule has 1 aromatic rings. The maximum absolute atomic E-state index is 13.0. The molecule has 0 unspecified atom stereocenters. The number of rotatable bonds is 8. The van der Waals surface area contributed by atoms with Crippen LogP contribution in [0.1, 0.15) is 92.8 Å². The van der Waals surface area contributed by atoms with Crippen LogP contribution >= 0.6 is 0 Å². The van der Waals surface area contributed by atoms with E-state index in [1.54, 1.807) is 0 Å². The van der Waals surface area contributed by atoms with Gasteiger partial charge in [0, 0.05) is 0 Å². The fraction of sp³-hybridized carbons (Fsp3) is 0.545. The zero-order valence-electron chi connectivity index (χ0n) is 16.4. The molecule has 4 aliphatic rings. The van der Waals surface area contributed by atoms with Crippen LogP contribution in [-0.4, -0.2) is 48.3 Å². The minimum Gasteiger partial charge on any atom is -0.459 e. The second-order valence-corrected chi connectivity index (χ2v) is 8.33. The third-order valence-electron chi connectivity index (χ3n) is 5.25. The van der Waals surface area contributed by atoms with E-state index in [4.69, 9.17) is 18.9 Å². The standard InChI is InChI=1S/C22H22O8/c23-19(27-11-1-2-11)15-9-10-16(20(24)28-12-3-4-12)18(22(26)30-14-7-8-14)17(15)21(25)29-13-5-6-13/h9-14H,1-8H2. The number of hydrogen-bond donors (Lipinski definition) is 0. The average molecular weight is 414 g/mol. The van der Waals surface area contributed by atoms with E-state index in [0.29, 0.717) is 0 Å². The molecule has 1 aromatic carbocycles. The summed E-state index contributed by atoms with van der Waals surface area (Å²) < 4.78 is 21.5. The zero-order valence-corrected chi connectivity index (χ0v) is 16.4. The van der Waals surface area contributed by atoms with Gasteiger partial charge >= 0.3 is 23.9 Å². The maximum atomic E-state index is 13.0. The molecule has 4 fully saturated rings. The summed E-state index contributed by atoms with van der Waals surface area (Å²) in [6.45, 7) is 0. The summed E-state index contributed by atoms with van der Waals surface area (Å²) >= 11 is 0. The van der Waals surface area contributed by atoms with Crippen LogP contribution in [0, 0.1) is 0 Å².